The zero-order valence-corrected chi connectivity index (χ0v) is 10.5. The first-order chi connectivity index (χ1) is 8.27. The van der Waals surface area contributed by atoms with Crippen LogP contribution < -0.4 is 0 Å². The Kier molecular flexibility index (Phi) is 5.01. The molecule has 0 spiro atoms. The van der Waals surface area contributed by atoms with Gasteiger partial charge in [-0.15, -0.1) is 0 Å². The van der Waals surface area contributed by atoms with Gasteiger partial charge in [0, 0.05) is 6.54 Å². The molecule has 1 aliphatic heterocycles. The van der Waals surface area contributed by atoms with Crippen LogP contribution in [0.1, 0.15) is 20.3 Å². The fourth-order valence-electron chi connectivity index (χ4n) is 1.89. The van der Waals surface area contributed by atoms with E-state index in [0.29, 0.717) is 0 Å². The van der Waals surface area contributed by atoms with Crippen LogP contribution in [-0.4, -0.2) is 65.0 Å². The summed E-state index contributed by atoms with van der Waals surface area (Å²) >= 11 is 0. The molecule has 5 nitrogen and oxygen atoms in total. The van der Waals surface area contributed by atoms with Gasteiger partial charge in [0.1, 0.15) is 6.10 Å². The number of piperidine rings is 1. The lowest BCUT2D eigenvalue weighted by Crippen LogP contribution is -2.56. The third-order valence-corrected chi connectivity index (χ3v) is 2.74. The van der Waals surface area contributed by atoms with E-state index in [9.17, 15) is 13.6 Å². The van der Waals surface area contributed by atoms with Crippen molar-refractivity contribution < 1.29 is 28.5 Å². The summed E-state index contributed by atoms with van der Waals surface area (Å²) in [5.74, 6) is -4.02. The van der Waals surface area contributed by atoms with Gasteiger partial charge in [-0.05, 0) is 20.3 Å². The van der Waals surface area contributed by atoms with Gasteiger partial charge in [0.05, 0.1) is 19.3 Å². The summed E-state index contributed by atoms with van der Waals surface area (Å²) in [6.07, 6.45) is -3.16. The van der Waals surface area contributed by atoms with Crippen LogP contribution >= 0.6 is 0 Å². The van der Waals surface area contributed by atoms with Crippen molar-refractivity contribution in [2.45, 2.75) is 44.5 Å². The first-order valence-corrected chi connectivity index (χ1v) is 5.89. The molecule has 1 unspecified atom stereocenters. The monoisotopic (exact) mass is 267 g/mol. The number of hydrogen-bond acceptors (Lipinski definition) is 4. The second kappa shape index (κ2) is 5.90. The zero-order valence-electron chi connectivity index (χ0n) is 10.5. The molecule has 0 bridgehead atoms. The molecule has 1 saturated heterocycles. The third-order valence-electron chi connectivity index (χ3n) is 2.74. The molecular formula is C11H19F2NO4. The SMILES string of the molecule is CC(C)OC1CCN(C(=O)[C@@H](O)CO)CC1(F)F. The Morgan fingerprint density at radius 2 is 2.17 bits per heavy atom. The van der Waals surface area contributed by atoms with Crippen LogP contribution in [0, 0.1) is 0 Å². The molecular weight excluding hydrogens is 248 g/mol. The molecule has 0 aromatic heterocycles. The van der Waals surface area contributed by atoms with Crippen molar-refractivity contribution >= 4 is 5.91 Å². The number of carbonyl (C=O) groups is 1. The highest BCUT2D eigenvalue weighted by Crippen LogP contribution is 2.30. The average Bonchev–Trinajstić information content (AvgIpc) is 2.29. The van der Waals surface area contributed by atoms with Gasteiger partial charge in [0.25, 0.3) is 11.8 Å². The van der Waals surface area contributed by atoms with Crippen LogP contribution in [0.15, 0.2) is 0 Å². The summed E-state index contributed by atoms with van der Waals surface area (Å²) in [7, 11) is 0. The van der Waals surface area contributed by atoms with E-state index in [1.807, 2.05) is 0 Å². The average molecular weight is 267 g/mol. The highest BCUT2D eigenvalue weighted by molar-refractivity contribution is 5.81. The van der Waals surface area contributed by atoms with Crippen LogP contribution in [0.5, 0.6) is 0 Å². The Balaban J connectivity index is 2.65. The number of nitrogens with zero attached hydrogens (tertiary/aromatic N) is 1. The van der Waals surface area contributed by atoms with Crippen LogP contribution in [0.25, 0.3) is 0 Å². The van der Waals surface area contributed by atoms with Gasteiger partial charge in [-0.2, -0.15) is 0 Å². The van der Waals surface area contributed by atoms with E-state index in [0.717, 1.165) is 4.90 Å². The van der Waals surface area contributed by atoms with E-state index >= 15 is 0 Å². The van der Waals surface area contributed by atoms with Crippen molar-refractivity contribution in [1.82, 2.24) is 4.90 Å². The number of rotatable bonds is 4. The maximum absolute atomic E-state index is 13.7. The van der Waals surface area contributed by atoms with Gasteiger partial charge in [-0.25, -0.2) is 8.78 Å². The molecule has 1 amide bonds. The second-order valence-electron chi connectivity index (χ2n) is 4.68. The van der Waals surface area contributed by atoms with E-state index in [4.69, 9.17) is 14.9 Å². The standard InChI is InChI=1S/C11H19F2NO4/c1-7(2)18-9-3-4-14(6-11(9,12)13)10(17)8(16)5-15/h7-9,15-16H,3-6H2,1-2H3/t8-,9?/m0/s1. The molecule has 106 valence electrons. The number of amides is 1. The van der Waals surface area contributed by atoms with E-state index < -0.39 is 37.2 Å². The molecule has 2 N–H and O–H groups in total. The number of alkyl halides is 2. The molecule has 0 aromatic carbocycles. The topological polar surface area (TPSA) is 70.0 Å². The molecule has 1 rings (SSSR count). The lowest BCUT2D eigenvalue weighted by Gasteiger charge is -2.39. The molecule has 0 radical (unpaired) electrons. The minimum absolute atomic E-state index is 0.00900. The minimum Gasteiger partial charge on any atom is -0.393 e. The van der Waals surface area contributed by atoms with Gasteiger partial charge < -0.3 is 19.8 Å². The summed E-state index contributed by atoms with van der Waals surface area (Å²) in [4.78, 5) is 12.3. The normalized spacial score (nSPS) is 25.3. The molecule has 0 saturated carbocycles. The third kappa shape index (κ3) is 3.60. The first kappa shape index (κ1) is 15.3. The number of likely N-dealkylation sites (tertiary alicyclic amines) is 1. The highest BCUT2D eigenvalue weighted by atomic mass is 19.3. The number of carbonyl (C=O) groups excluding carboxylic acids is 1. The van der Waals surface area contributed by atoms with Crippen molar-refractivity contribution in [3.8, 4) is 0 Å². The van der Waals surface area contributed by atoms with Gasteiger partial charge in [-0.3, -0.25) is 4.79 Å². The second-order valence-corrected chi connectivity index (χ2v) is 4.68. The van der Waals surface area contributed by atoms with Gasteiger partial charge in [0.15, 0.2) is 6.10 Å². The lowest BCUT2D eigenvalue weighted by molar-refractivity contribution is -0.192. The fraction of sp³-hybridized carbons (Fsp3) is 0.909. The van der Waals surface area contributed by atoms with E-state index in [2.05, 4.69) is 0 Å². The molecule has 1 heterocycles. The maximum atomic E-state index is 13.7. The highest BCUT2D eigenvalue weighted by Gasteiger charge is 2.47. The molecule has 7 heteroatoms. The van der Waals surface area contributed by atoms with Crippen LogP contribution in [0.4, 0.5) is 8.78 Å². The lowest BCUT2D eigenvalue weighted by atomic mass is 10.0. The summed E-state index contributed by atoms with van der Waals surface area (Å²) in [6.45, 7) is 1.86. The smallest absolute Gasteiger partial charge is 0.290 e. The van der Waals surface area contributed by atoms with Crippen LogP contribution in [-0.2, 0) is 9.53 Å². The molecule has 1 aliphatic rings. The quantitative estimate of drug-likeness (QED) is 0.752. The Hall–Kier alpha value is -0.790. The zero-order chi connectivity index (χ0) is 13.9. The molecule has 18 heavy (non-hydrogen) atoms. The van der Waals surface area contributed by atoms with Crippen LogP contribution in [0.3, 0.4) is 0 Å². The summed E-state index contributed by atoms with van der Waals surface area (Å²) in [6, 6.07) is 0. The summed E-state index contributed by atoms with van der Waals surface area (Å²) in [5, 5.41) is 17.8. The molecule has 0 aliphatic carbocycles. The van der Waals surface area contributed by atoms with Crippen molar-refractivity contribution in [2.24, 2.45) is 0 Å². The first-order valence-electron chi connectivity index (χ1n) is 5.89. The molecule has 1 fully saturated rings. The van der Waals surface area contributed by atoms with Crippen molar-refractivity contribution in [3.05, 3.63) is 0 Å². The largest absolute Gasteiger partial charge is 0.393 e. The van der Waals surface area contributed by atoms with Gasteiger partial charge >= 0.3 is 0 Å². The minimum atomic E-state index is -3.15. The molecule has 2 atom stereocenters. The van der Waals surface area contributed by atoms with Crippen molar-refractivity contribution in [3.63, 3.8) is 0 Å². The van der Waals surface area contributed by atoms with E-state index in [1.165, 1.54) is 0 Å². The van der Waals surface area contributed by atoms with Gasteiger partial charge in [0.2, 0.25) is 0 Å². The Labute approximate surface area is 104 Å². The number of aliphatic hydroxyl groups is 2. The number of halogens is 2. The summed E-state index contributed by atoms with van der Waals surface area (Å²) < 4.78 is 32.6. The van der Waals surface area contributed by atoms with Crippen LogP contribution in [0.2, 0.25) is 0 Å². The Bertz CT molecular complexity index is 299. The van der Waals surface area contributed by atoms with E-state index in [1.54, 1.807) is 13.8 Å². The van der Waals surface area contributed by atoms with Gasteiger partial charge in [-0.1, -0.05) is 0 Å². The molecule has 0 aromatic rings. The predicted molar refractivity (Wildman–Crippen MR) is 59.2 cm³/mol. The predicted octanol–water partition coefficient (Wildman–Crippen LogP) is 0.000800. The van der Waals surface area contributed by atoms with Crippen molar-refractivity contribution in [2.75, 3.05) is 19.7 Å². The Morgan fingerprint density at radius 1 is 1.56 bits per heavy atom. The van der Waals surface area contributed by atoms with Crippen molar-refractivity contribution in [1.29, 1.82) is 0 Å². The Morgan fingerprint density at radius 3 is 2.61 bits per heavy atom. The fourth-order valence-corrected chi connectivity index (χ4v) is 1.89. The number of ether oxygens (including phenoxy) is 1. The number of hydrogen-bond donors (Lipinski definition) is 2. The number of aliphatic hydroxyl groups excluding tert-OH is 2. The van der Waals surface area contributed by atoms with E-state index in [-0.39, 0.29) is 19.1 Å². The summed E-state index contributed by atoms with van der Waals surface area (Å²) in [5.41, 5.74) is 0. The maximum Gasteiger partial charge on any atom is 0.290 e.